The van der Waals surface area contributed by atoms with E-state index in [4.69, 9.17) is 0 Å². The molecule has 7 heteroatoms. The standard InChI is InChI=1S/C11H12F3N3O/c1-10(2,3)8-6-7(18-11(12,13)14)9-15-4-5-17(9)16-8/h4-6H,1-3H3. The van der Waals surface area contributed by atoms with E-state index in [1.165, 1.54) is 23.0 Å². The number of aromatic nitrogens is 3. The normalized spacial score (nSPS) is 13.0. The SMILES string of the molecule is CC(C)(C)c1cc(OC(F)(F)F)c2nccn2n1. The maximum Gasteiger partial charge on any atom is 0.573 e. The molecule has 0 amide bonds. The van der Waals surface area contributed by atoms with Crippen molar-refractivity contribution < 1.29 is 17.9 Å². The predicted molar refractivity (Wildman–Crippen MR) is 58.4 cm³/mol. The molecule has 0 radical (unpaired) electrons. The van der Waals surface area contributed by atoms with Crippen molar-refractivity contribution in [2.75, 3.05) is 0 Å². The fraction of sp³-hybridized carbons (Fsp3) is 0.455. The van der Waals surface area contributed by atoms with Gasteiger partial charge in [0.2, 0.25) is 0 Å². The molecule has 0 saturated heterocycles. The van der Waals surface area contributed by atoms with Gasteiger partial charge in [-0.05, 0) is 0 Å². The van der Waals surface area contributed by atoms with Crippen LogP contribution >= 0.6 is 0 Å². The number of hydrogen-bond acceptors (Lipinski definition) is 3. The van der Waals surface area contributed by atoms with Crippen LogP contribution in [-0.4, -0.2) is 21.0 Å². The molecule has 0 aliphatic carbocycles. The van der Waals surface area contributed by atoms with Gasteiger partial charge in [-0.15, -0.1) is 13.2 Å². The number of hydrogen-bond donors (Lipinski definition) is 0. The number of rotatable bonds is 1. The van der Waals surface area contributed by atoms with Gasteiger partial charge in [-0.25, -0.2) is 9.50 Å². The van der Waals surface area contributed by atoms with Crippen molar-refractivity contribution in [1.29, 1.82) is 0 Å². The molecule has 0 unspecified atom stereocenters. The van der Waals surface area contributed by atoms with Crippen molar-refractivity contribution >= 4 is 5.65 Å². The third kappa shape index (κ3) is 2.55. The van der Waals surface area contributed by atoms with Gasteiger partial charge in [-0.1, -0.05) is 20.8 Å². The van der Waals surface area contributed by atoms with Gasteiger partial charge in [-0.2, -0.15) is 5.10 Å². The minimum Gasteiger partial charge on any atom is -0.402 e. The number of imidazole rings is 1. The summed E-state index contributed by atoms with van der Waals surface area (Å²) in [6.45, 7) is 5.57. The minimum atomic E-state index is -4.75. The monoisotopic (exact) mass is 259 g/mol. The number of alkyl halides is 3. The quantitative estimate of drug-likeness (QED) is 0.790. The first kappa shape index (κ1) is 12.7. The van der Waals surface area contributed by atoms with E-state index in [1.54, 1.807) is 0 Å². The zero-order valence-corrected chi connectivity index (χ0v) is 10.1. The predicted octanol–water partition coefficient (Wildman–Crippen LogP) is 2.93. The second-order valence-corrected chi connectivity index (χ2v) is 4.89. The van der Waals surface area contributed by atoms with Crippen LogP contribution in [0.1, 0.15) is 26.5 Å². The second kappa shape index (κ2) is 3.86. The lowest BCUT2D eigenvalue weighted by Crippen LogP contribution is -2.20. The Hall–Kier alpha value is -1.79. The highest BCUT2D eigenvalue weighted by atomic mass is 19.4. The van der Waals surface area contributed by atoms with E-state index in [0.29, 0.717) is 5.69 Å². The van der Waals surface area contributed by atoms with E-state index < -0.39 is 6.36 Å². The Bertz CT molecular complexity index is 569. The summed E-state index contributed by atoms with van der Waals surface area (Å²) in [5.41, 5.74) is 0.148. The molecule has 0 aliphatic rings. The Balaban J connectivity index is 2.59. The summed E-state index contributed by atoms with van der Waals surface area (Å²) in [5.74, 6) is -0.340. The van der Waals surface area contributed by atoms with E-state index in [9.17, 15) is 13.2 Å². The number of halogens is 3. The van der Waals surface area contributed by atoms with Gasteiger partial charge in [0.15, 0.2) is 11.4 Å². The summed E-state index contributed by atoms with van der Waals surface area (Å²) in [7, 11) is 0. The topological polar surface area (TPSA) is 39.4 Å². The Labute approximate surface area is 101 Å². The molecule has 0 N–H and O–H groups in total. The van der Waals surface area contributed by atoms with Crippen LogP contribution in [0, 0.1) is 0 Å². The van der Waals surface area contributed by atoms with Gasteiger partial charge < -0.3 is 4.74 Å². The van der Waals surface area contributed by atoms with E-state index in [0.717, 1.165) is 0 Å². The van der Waals surface area contributed by atoms with Crippen LogP contribution in [0.4, 0.5) is 13.2 Å². The Morgan fingerprint density at radius 1 is 1.22 bits per heavy atom. The van der Waals surface area contributed by atoms with E-state index in [-0.39, 0.29) is 16.8 Å². The van der Waals surface area contributed by atoms with Crippen LogP contribution in [0.3, 0.4) is 0 Å². The lowest BCUT2D eigenvalue weighted by molar-refractivity contribution is -0.274. The highest BCUT2D eigenvalue weighted by molar-refractivity contribution is 5.53. The molecule has 4 nitrogen and oxygen atoms in total. The van der Waals surface area contributed by atoms with Gasteiger partial charge in [0, 0.05) is 23.9 Å². The molecule has 2 aromatic rings. The summed E-state index contributed by atoms with van der Waals surface area (Å²) in [5, 5.41) is 4.20. The molecule has 0 atom stereocenters. The molecule has 0 saturated carbocycles. The third-order valence-corrected chi connectivity index (χ3v) is 2.32. The molecule has 2 heterocycles. The Kier molecular flexibility index (Phi) is 2.71. The summed E-state index contributed by atoms with van der Waals surface area (Å²) in [6, 6.07) is 1.27. The van der Waals surface area contributed by atoms with Crippen molar-refractivity contribution in [3.63, 3.8) is 0 Å². The van der Waals surface area contributed by atoms with Crippen LogP contribution in [0.2, 0.25) is 0 Å². The summed E-state index contributed by atoms with van der Waals surface area (Å²) in [4.78, 5) is 3.80. The largest absolute Gasteiger partial charge is 0.573 e. The number of fused-ring (bicyclic) bond motifs is 1. The number of ether oxygens (including phenoxy) is 1. The first-order valence-corrected chi connectivity index (χ1v) is 5.27. The van der Waals surface area contributed by atoms with Crippen LogP contribution in [-0.2, 0) is 5.41 Å². The summed E-state index contributed by atoms with van der Waals surface area (Å²) < 4.78 is 42.2. The van der Waals surface area contributed by atoms with Crippen LogP contribution in [0.15, 0.2) is 18.5 Å². The molecule has 0 spiro atoms. The van der Waals surface area contributed by atoms with Gasteiger partial charge in [0.05, 0.1) is 5.69 Å². The van der Waals surface area contributed by atoms with Gasteiger partial charge in [0.25, 0.3) is 0 Å². The van der Waals surface area contributed by atoms with Crippen molar-refractivity contribution in [2.24, 2.45) is 0 Å². The molecule has 18 heavy (non-hydrogen) atoms. The van der Waals surface area contributed by atoms with Crippen LogP contribution < -0.4 is 4.74 Å². The summed E-state index contributed by atoms with van der Waals surface area (Å²) in [6.07, 6.45) is -1.89. The fourth-order valence-corrected chi connectivity index (χ4v) is 1.45. The van der Waals surface area contributed by atoms with Gasteiger partial charge >= 0.3 is 6.36 Å². The maximum atomic E-state index is 12.3. The van der Waals surface area contributed by atoms with Crippen LogP contribution in [0.25, 0.3) is 5.65 Å². The average molecular weight is 259 g/mol. The first-order valence-electron chi connectivity index (χ1n) is 5.27. The third-order valence-electron chi connectivity index (χ3n) is 2.32. The zero-order valence-electron chi connectivity index (χ0n) is 10.1. The maximum absolute atomic E-state index is 12.3. The fourth-order valence-electron chi connectivity index (χ4n) is 1.45. The van der Waals surface area contributed by atoms with E-state index >= 15 is 0 Å². The van der Waals surface area contributed by atoms with E-state index in [1.807, 2.05) is 20.8 Å². The average Bonchev–Trinajstić information content (AvgIpc) is 2.61. The molecular formula is C11H12F3N3O. The molecule has 0 fully saturated rings. The molecule has 98 valence electrons. The van der Waals surface area contributed by atoms with Crippen molar-refractivity contribution in [1.82, 2.24) is 14.6 Å². The van der Waals surface area contributed by atoms with Crippen molar-refractivity contribution in [2.45, 2.75) is 32.5 Å². The molecule has 0 aromatic carbocycles. The smallest absolute Gasteiger partial charge is 0.402 e. The second-order valence-electron chi connectivity index (χ2n) is 4.89. The summed E-state index contributed by atoms with van der Waals surface area (Å²) >= 11 is 0. The highest BCUT2D eigenvalue weighted by Gasteiger charge is 2.33. The lowest BCUT2D eigenvalue weighted by atomic mass is 9.92. The van der Waals surface area contributed by atoms with Gasteiger partial charge in [0.1, 0.15) is 0 Å². The van der Waals surface area contributed by atoms with E-state index in [2.05, 4.69) is 14.8 Å². The molecule has 0 bridgehead atoms. The minimum absolute atomic E-state index is 0.0420. The molecule has 0 aliphatic heterocycles. The molecular weight excluding hydrogens is 247 g/mol. The van der Waals surface area contributed by atoms with Crippen LogP contribution in [0.5, 0.6) is 5.75 Å². The Morgan fingerprint density at radius 2 is 1.89 bits per heavy atom. The first-order chi connectivity index (χ1) is 8.17. The number of nitrogens with zero attached hydrogens (tertiary/aromatic N) is 3. The lowest BCUT2D eigenvalue weighted by Gasteiger charge is -2.19. The van der Waals surface area contributed by atoms with Gasteiger partial charge in [-0.3, -0.25) is 0 Å². The highest BCUT2D eigenvalue weighted by Crippen LogP contribution is 2.30. The molecule has 2 rings (SSSR count). The zero-order chi connectivity index (χ0) is 13.6. The van der Waals surface area contributed by atoms with Crippen molar-refractivity contribution in [3.05, 3.63) is 24.2 Å². The Morgan fingerprint density at radius 3 is 2.44 bits per heavy atom. The molecule has 2 aromatic heterocycles. The van der Waals surface area contributed by atoms with Crippen molar-refractivity contribution in [3.8, 4) is 5.75 Å².